The zero-order valence-electron chi connectivity index (χ0n) is 9.33. The van der Waals surface area contributed by atoms with Crippen LogP contribution in [0.1, 0.15) is 37.2 Å². The topological polar surface area (TPSA) is 37.3 Å². The Morgan fingerprint density at radius 1 is 1.12 bits per heavy atom. The van der Waals surface area contributed by atoms with Gasteiger partial charge < -0.3 is 5.11 Å². The van der Waals surface area contributed by atoms with E-state index >= 15 is 0 Å². The molecule has 0 spiro atoms. The van der Waals surface area contributed by atoms with Crippen molar-refractivity contribution in [1.29, 1.82) is 0 Å². The summed E-state index contributed by atoms with van der Waals surface area (Å²) in [4.78, 5) is 11.1. The van der Waals surface area contributed by atoms with Gasteiger partial charge in [-0.15, -0.1) is 0 Å². The Kier molecular flexibility index (Phi) is 3.41. The molecule has 1 N–H and O–H groups in total. The molecule has 1 fully saturated rings. The van der Waals surface area contributed by atoms with Gasteiger partial charge in [0.2, 0.25) is 0 Å². The molecule has 0 aliphatic heterocycles. The predicted molar refractivity (Wildman–Crippen MR) is 58.7 cm³/mol. The summed E-state index contributed by atoms with van der Waals surface area (Å²) in [5, 5.41) is 9.12. The molecule has 17 heavy (non-hydrogen) atoms. The second kappa shape index (κ2) is 4.82. The summed E-state index contributed by atoms with van der Waals surface area (Å²) in [7, 11) is 0. The van der Waals surface area contributed by atoms with Crippen molar-refractivity contribution >= 4 is 5.97 Å². The first kappa shape index (κ1) is 12.0. The van der Waals surface area contributed by atoms with Crippen molar-refractivity contribution in [2.75, 3.05) is 0 Å². The average molecular weight is 240 g/mol. The molecule has 1 saturated carbocycles. The van der Waals surface area contributed by atoms with E-state index in [-0.39, 0.29) is 5.92 Å². The maximum absolute atomic E-state index is 13.1. The van der Waals surface area contributed by atoms with Gasteiger partial charge in [-0.05, 0) is 36.5 Å². The molecular weight excluding hydrogens is 226 g/mol. The highest BCUT2D eigenvalue weighted by Crippen LogP contribution is 2.38. The van der Waals surface area contributed by atoms with Crippen LogP contribution in [0.4, 0.5) is 8.78 Å². The standard InChI is InChI=1S/C13H14F2O2/c14-9-5-8(6-10(15)7-9)11-3-1-2-4-12(11)13(16)17/h5-7,11-12H,1-4H2,(H,16,17). The van der Waals surface area contributed by atoms with Crippen molar-refractivity contribution < 1.29 is 18.7 Å². The monoisotopic (exact) mass is 240 g/mol. The Labute approximate surface area is 98.3 Å². The Hall–Kier alpha value is -1.45. The summed E-state index contributed by atoms with van der Waals surface area (Å²) < 4.78 is 26.2. The van der Waals surface area contributed by atoms with Crippen LogP contribution in [-0.2, 0) is 4.79 Å². The Morgan fingerprint density at radius 2 is 1.71 bits per heavy atom. The van der Waals surface area contributed by atoms with Gasteiger partial charge in [0.1, 0.15) is 11.6 Å². The zero-order valence-corrected chi connectivity index (χ0v) is 9.33. The summed E-state index contributed by atoms with van der Waals surface area (Å²) in [5.41, 5.74) is 0.467. The number of hydrogen-bond acceptors (Lipinski definition) is 1. The van der Waals surface area contributed by atoms with Gasteiger partial charge in [0.05, 0.1) is 5.92 Å². The number of hydrogen-bond donors (Lipinski definition) is 1. The van der Waals surface area contributed by atoms with E-state index in [1.807, 2.05) is 0 Å². The highest BCUT2D eigenvalue weighted by molar-refractivity contribution is 5.71. The van der Waals surface area contributed by atoms with Crippen LogP contribution in [0.15, 0.2) is 18.2 Å². The van der Waals surface area contributed by atoms with E-state index in [2.05, 4.69) is 0 Å². The lowest BCUT2D eigenvalue weighted by Gasteiger charge is -2.28. The summed E-state index contributed by atoms with van der Waals surface area (Å²) >= 11 is 0. The van der Waals surface area contributed by atoms with Crippen molar-refractivity contribution in [2.24, 2.45) is 5.92 Å². The first-order valence-electron chi connectivity index (χ1n) is 5.76. The lowest BCUT2D eigenvalue weighted by Crippen LogP contribution is -2.25. The van der Waals surface area contributed by atoms with Gasteiger partial charge in [-0.2, -0.15) is 0 Å². The van der Waals surface area contributed by atoms with Gasteiger partial charge in [-0.1, -0.05) is 12.8 Å². The van der Waals surface area contributed by atoms with Gasteiger partial charge in [-0.25, -0.2) is 8.78 Å². The smallest absolute Gasteiger partial charge is 0.307 e. The van der Waals surface area contributed by atoms with E-state index in [0.717, 1.165) is 18.9 Å². The molecule has 0 aromatic heterocycles. The second-order valence-corrected chi connectivity index (χ2v) is 4.54. The second-order valence-electron chi connectivity index (χ2n) is 4.54. The van der Waals surface area contributed by atoms with Crippen molar-refractivity contribution in [2.45, 2.75) is 31.6 Å². The van der Waals surface area contributed by atoms with E-state index in [1.54, 1.807) is 0 Å². The molecule has 2 nitrogen and oxygen atoms in total. The Bertz CT molecular complexity index is 411. The van der Waals surface area contributed by atoms with Crippen LogP contribution in [0.3, 0.4) is 0 Å². The summed E-state index contributed by atoms with van der Waals surface area (Å²) in [6.45, 7) is 0. The largest absolute Gasteiger partial charge is 0.481 e. The predicted octanol–water partition coefficient (Wildman–Crippen LogP) is 3.32. The molecular formula is C13H14F2O2. The van der Waals surface area contributed by atoms with Crippen LogP contribution in [0.2, 0.25) is 0 Å². The van der Waals surface area contributed by atoms with E-state index in [0.29, 0.717) is 18.4 Å². The van der Waals surface area contributed by atoms with E-state index < -0.39 is 23.5 Å². The first-order chi connectivity index (χ1) is 8.08. The zero-order chi connectivity index (χ0) is 12.4. The third kappa shape index (κ3) is 2.62. The van der Waals surface area contributed by atoms with Crippen LogP contribution in [0, 0.1) is 17.6 Å². The molecule has 1 aliphatic carbocycles. The highest BCUT2D eigenvalue weighted by Gasteiger charge is 2.32. The van der Waals surface area contributed by atoms with Crippen molar-refractivity contribution in [3.05, 3.63) is 35.4 Å². The van der Waals surface area contributed by atoms with Gasteiger partial charge >= 0.3 is 5.97 Å². The Balaban J connectivity index is 2.32. The number of rotatable bonds is 2. The molecule has 0 bridgehead atoms. The molecule has 4 heteroatoms. The van der Waals surface area contributed by atoms with Crippen molar-refractivity contribution in [1.82, 2.24) is 0 Å². The van der Waals surface area contributed by atoms with Crippen LogP contribution < -0.4 is 0 Å². The third-order valence-electron chi connectivity index (χ3n) is 3.40. The van der Waals surface area contributed by atoms with Crippen molar-refractivity contribution in [3.8, 4) is 0 Å². The van der Waals surface area contributed by atoms with Gasteiger partial charge in [0, 0.05) is 6.07 Å². The fraction of sp³-hybridized carbons (Fsp3) is 0.462. The van der Waals surface area contributed by atoms with Gasteiger partial charge in [0.25, 0.3) is 0 Å². The maximum Gasteiger partial charge on any atom is 0.307 e. The molecule has 0 heterocycles. The number of carbonyl (C=O) groups is 1. The maximum atomic E-state index is 13.1. The molecule has 92 valence electrons. The van der Waals surface area contributed by atoms with Crippen molar-refractivity contribution in [3.63, 3.8) is 0 Å². The highest BCUT2D eigenvalue weighted by atomic mass is 19.1. The minimum atomic E-state index is -0.876. The molecule has 1 aromatic rings. The molecule has 0 radical (unpaired) electrons. The average Bonchev–Trinajstić information content (AvgIpc) is 2.27. The van der Waals surface area contributed by atoms with E-state index in [1.165, 1.54) is 12.1 Å². The molecule has 0 saturated heterocycles. The normalized spacial score (nSPS) is 24.6. The summed E-state index contributed by atoms with van der Waals surface area (Å²) in [5.74, 6) is -2.96. The fourth-order valence-corrected chi connectivity index (χ4v) is 2.61. The van der Waals surface area contributed by atoms with Gasteiger partial charge in [-0.3, -0.25) is 4.79 Å². The first-order valence-corrected chi connectivity index (χ1v) is 5.76. The lowest BCUT2D eigenvalue weighted by atomic mass is 9.75. The van der Waals surface area contributed by atoms with E-state index in [4.69, 9.17) is 5.11 Å². The molecule has 2 rings (SSSR count). The molecule has 2 atom stereocenters. The molecule has 0 amide bonds. The minimum Gasteiger partial charge on any atom is -0.481 e. The van der Waals surface area contributed by atoms with Crippen LogP contribution in [0.25, 0.3) is 0 Å². The summed E-state index contributed by atoms with van der Waals surface area (Å²) in [6.07, 6.45) is 3.04. The SMILES string of the molecule is O=C(O)C1CCCCC1c1cc(F)cc(F)c1. The Morgan fingerprint density at radius 3 is 2.29 bits per heavy atom. The molecule has 1 aliphatic rings. The van der Waals surface area contributed by atoms with Crippen LogP contribution in [-0.4, -0.2) is 11.1 Å². The van der Waals surface area contributed by atoms with E-state index in [9.17, 15) is 13.6 Å². The number of benzene rings is 1. The quantitative estimate of drug-likeness (QED) is 0.861. The van der Waals surface area contributed by atoms with Crippen LogP contribution >= 0.6 is 0 Å². The number of aliphatic carboxylic acids is 1. The summed E-state index contributed by atoms with van der Waals surface area (Å²) in [6, 6.07) is 3.30. The fourth-order valence-electron chi connectivity index (χ4n) is 2.61. The number of carboxylic acids is 1. The lowest BCUT2D eigenvalue weighted by molar-refractivity contribution is -0.143. The van der Waals surface area contributed by atoms with Gasteiger partial charge in [0.15, 0.2) is 0 Å². The number of carboxylic acid groups (broad SMARTS) is 1. The minimum absolute atomic E-state index is 0.272. The molecule has 2 unspecified atom stereocenters. The van der Waals surface area contributed by atoms with Crippen LogP contribution in [0.5, 0.6) is 0 Å². The molecule has 1 aromatic carbocycles. The third-order valence-corrected chi connectivity index (χ3v) is 3.40. The number of halogens is 2.